The zero-order valence-electron chi connectivity index (χ0n) is 11.1. The van der Waals surface area contributed by atoms with Gasteiger partial charge < -0.3 is 10.8 Å². The van der Waals surface area contributed by atoms with Crippen molar-refractivity contribution in [2.24, 2.45) is 22.5 Å². The molecule has 0 radical (unpaired) electrons. The van der Waals surface area contributed by atoms with Crippen molar-refractivity contribution in [2.45, 2.75) is 64.9 Å². The molecule has 3 N–H and O–H groups in total. The summed E-state index contributed by atoms with van der Waals surface area (Å²) in [4.78, 5) is 0. The summed E-state index contributed by atoms with van der Waals surface area (Å²) >= 11 is 0. The summed E-state index contributed by atoms with van der Waals surface area (Å²) in [6, 6.07) is 0. The Balaban J connectivity index is 2.26. The molecule has 2 fully saturated rings. The molecule has 0 aromatic carbocycles. The first kappa shape index (κ1) is 12.4. The molecule has 0 aromatic heterocycles. The van der Waals surface area contributed by atoms with E-state index < -0.39 is 5.60 Å². The van der Waals surface area contributed by atoms with Crippen LogP contribution < -0.4 is 5.73 Å². The van der Waals surface area contributed by atoms with Crippen LogP contribution in [0, 0.1) is 16.7 Å². The fourth-order valence-electron chi connectivity index (χ4n) is 3.80. The second kappa shape index (κ2) is 3.71. The van der Waals surface area contributed by atoms with E-state index in [4.69, 9.17) is 5.73 Å². The lowest BCUT2D eigenvalue weighted by molar-refractivity contribution is -0.138. The summed E-state index contributed by atoms with van der Waals surface area (Å²) in [6.45, 7) is 7.21. The van der Waals surface area contributed by atoms with Gasteiger partial charge in [0.2, 0.25) is 0 Å². The van der Waals surface area contributed by atoms with Crippen molar-refractivity contribution in [1.82, 2.24) is 0 Å². The molecular formula is C14H27NO. The second-order valence-corrected chi connectivity index (χ2v) is 6.82. The predicted molar refractivity (Wildman–Crippen MR) is 67.1 cm³/mol. The molecule has 2 rings (SSSR count). The van der Waals surface area contributed by atoms with Crippen molar-refractivity contribution in [3.63, 3.8) is 0 Å². The van der Waals surface area contributed by atoms with E-state index >= 15 is 0 Å². The molecule has 0 aliphatic heterocycles. The van der Waals surface area contributed by atoms with Crippen LogP contribution in [-0.2, 0) is 0 Å². The quantitative estimate of drug-likeness (QED) is 0.775. The predicted octanol–water partition coefficient (Wildman–Crippen LogP) is 2.69. The normalized spacial score (nSPS) is 41.4. The van der Waals surface area contributed by atoms with Crippen LogP contribution in [0.2, 0.25) is 0 Å². The van der Waals surface area contributed by atoms with Crippen LogP contribution in [0.3, 0.4) is 0 Å². The summed E-state index contributed by atoms with van der Waals surface area (Å²) < 4.78 is 0. The van der Waals surface area contributed by atoms with Gasteiger partial charge in [0.05, 0.1) is 5.60 Å². The summed E-state index contributed by atoms with van der Waals surface area (Å²) in [7, 11) is 0. The summed E-state index contributed by atoms with van der Waals surface area (Å²) in [5, 5.41) is 11.0. The zero-order valence-corrected chi connectivity index (χ0v) is 11.1. The standard InChI is InChI=1S/C14H27NO/c1-11-5-4-6-14(9-11,10-15)13(3,16)12(2)7-8-12/h11,16H,4-10,15H2,1-3H3. The minimum atomic E-state index is -0.580. The van der Waals surface area contributed by atoms with E-state index in [0.29, 0.717) is 12.5 Å². The molecule has 3 unspecified atom stereocenters. The topological polar surface area (TPSA) is 46.2 Å². The van der Waals surface area contributed by atoms with E-state index in [1.165, 1.54) is 12.8 Å². The Kier molecular flexibility index (Phi) is 2.87. The molecule has 0 saturated heterocycles. The molecule has 2 heteroatoms. The Labute approximate surface area is 99.6 Å². The van der Waals surface area contributed by atoms with Gasteiger partial charge in [-0.2, -0.15) is 0 Å². The Morgan fingerprint density at radius 1 is 1.38 bits per heavy atom. The minimum absolute atomic E-state index is 0.0318. The smallest absolute Gasteiger partial charge is 0.0741 e. The molecule has 16 heavy (non-hydrogen) atoms. The largest absolute Gasteiger partial charge is 0.389 e. The van der Waals surface area contributed by atoms with Crippen molar-refractivity contribution >= 4 is 0 Å². The molecular weight excluding hydrogens is 198 g/mol. The summed E-state index contributed by atoms with van der Waals surface area (Å²) in [5.41, 5.74) is 5.57. The molecule has 2 aliphatic carbocycles. The van der Waals surface area contributed by atoms with E-state index in [9.17, 15) is 5.11 Å². The third-order valence-corrected chi connectivity index (χ3v) is 5.69. The van der Waals surface area contributed by atoms with Crippen molar-refractivity contribution in [3.8, 4) is 0 Å². The van der Waals surface area contributed by atoms with E-state index in [0.717, 1.165) is 25.7 Å². The van der Waals surface area contributed by atoms with Gasteiger partial charge in [0, 0.05) is 12.0 Å². The fraction of sp³-hybridized carbons (Fsp3) is 1.00. The second-order valence-electron chi connectivity index (χ2n) is 6.82. The van der Waals surface area contributed by atoms with Gasteiger partial charge >= 0.3 is 0 Å². The van der Waals surface area contributed by atoms with E-state index in [1.807, 2.05) is 6.92 Å². The zero-order chi connectivity index (χ0) is 12.0. The number of rotatable bonds is 3. The maximum atomic E-state index is 11.0. The summed E-state index contributed by atoms with van der Waals surface area (Å²) in [5.74, 6) is 0.714. The maximum absolute atomic E-state index is 11.0. The maximum Gasteiger partial charge on any atom is 0.0741 e. The van der Waals surface area contributed by atoms with Crippen molar-refractivity contribution in [2.75, 3.05) is 6.54 Å². The Morgan fingerprint density at radius 2 is 2.00 bits per heavy atom. The molecule has 0 spiro atoms. The van der Waals surface area contributed by atoms with Gasteiger partial charge in [-0.25, -0.2) is 0 Å². The van der Waals surface area contributed by atoms with Crippen LogP contribution in [0.15, 0.2) is 0 Å². The molecule has 0 aromatic rings. The molecule has 94 valence electrons. The van der Waals surface area contributed by atoms with Gasteiger partial charge in [0.15, 0.2) is 0 Å². The van der Waals surface area contributed by atoms with E-state index in [1.54, 1.807) is 0 Å². The average Bonchev–Trinajstić information content (AvgIpc) is 2.97. The highest BCUT2D eigenvalue weighted by Gasteiger charge is 2.62. The van der Waals surface area contributed by atoms with Crippen LogP contribution in [0.4, 0.5) is 0 Å². The number of aliphatic hydroxyl groups is 1. The Hall–Kier alpha value is -0.0800. The molecule has 2 aliphatic rings. The van der Waals surface area contributed by atoms with Gasteiger partial charge in [0.1, 0.15) is 0 Å². The first-order valence-corrected chi connectivity index (χ1v) is 6.79. The highest BCUT2D eigenvalue weighted by molar-refractivity contribution is 5.13. The Bertz CT molecular complexity index is 270. The first-order chi connectivity index (χ1) is 7.37. The lowest BCUT2D eigenvalue weighted by Crippen LogP contribution is -2.57. The van der Waals surface area contributed by atoms with Crippen LogP contribution in [0.5, 0.6) is 0 Å². The lowest BCUT2D eigenvalue weighted by atomic mass is 9.57. The molecule has 3 atom stereocenters. The molecule has 2 nitrogen and oxygen atoms in total. The van der Waals surface area contributed by atoms with E-state index in [2.05, 4.69) is 13.8 Å². The van der Waals surface area contributed by atoms with Gasteiger partial charge in [-0.15, -0.1) is 0 Å². The Morgan fingerprint density at radius 3 is 2.44 bits per heavy atom. The van der Waals surface area contributed by atoms with Crippen LogP contribution in [0.1, 0.15) is 59.3 Å². The first-order valence-electron chi connectivity index (χ1n) is 6.79. The molecule has 0 bridgehead atoms. The van der Waals surface area contributed by atoms with Crippen molar-refractivity contribution < 1.29 is 5.11 Å². The highest BCUT2D eigenvalue weighted by Crippen LogP contribution is 2.62. The summed E-state index contributed by atoms with van der Waals surface area (Å²) in [6.07, 6.45) is 7.06. The van der Waals surface area contributed by atoms with Crippen molar-refractivity contribution in [1.29, 1.82) is 0 Å². The third-order valence-electron chi connectivity index (χ3n) is 5.69. The van der Waals surface area contributed by atoms with Gasteiger partial charge in [-0.05, 0) is 43.9 Å². The van der Waals surface area contributed by atoms with Crippen molar-refractivity contribution in [3.05, 3.63) is 0 Å². The number of hydrogen-bond acceptors (Lipinski definition) is 2. The van der Waals surface area contributed by atoms with Crippen LogP contribution in [0.25, 0.3) is 0 Å². The molecule has 0 heterocycles. The van der Waals surface area contributed by atoms with Gasteiger partial charge in [-0.3, -0.25) is 0 Å². The minimum Gasteiger partial charge on any atom is -0.389 e. The highest BCUT2D eigenvalue weighted by atomic mass is 16.3. The lowest BCUT2D eigenvalue weighted by Gasteiger charge is -2.52. The number of hydrogen-bond donors (Lipinski definition) is 2. The molecule has 0 amide bonds. The van der Waals surface area contributed by atoms with Gasteiger partial charge in [0.25, 0.3) is 0 Å². The van der Waals surface area contributed by atoms with Gasteiger partial charge in [-0.1, -0.05) is 26.7 Å². The molecule has 2 saturated carbocycles. The van der Waals surface area contributed by atoms with E-state index in [-0.39, 0.29) is 10.8 Å². The van der Waals surface area contributed by atoms with Crippen LogP contribution in [-0.4, -0.2) is 17.3 Å². The number of nitrogens with two attached hydrogens (primary N) is 1. The fourth-order valence-corrected chi connectivity index (χ4v) is 3.80. The monoisotopic (exact) mass is 225 g/mol. The van der Waals surface area contributed by atoms with Crippen LogP contribution >= 0.6 is 0 Å². The third kappa shape index (κ3) is 1.62. The average molecular weight is 225 g/mol. The SMILES string of the molecule is CC1CCCC(CN)(C(C)(O)C2(C)CC2)C1.